The number of aromatic nitrogens is 3. The van der Waals surface area contributed by atoms with Gasteiger partial charge >= 0.3 is 40.0 Å². The average molecular weight is 919 g/mol. The Bertz CT molecular complexity index is 3000. The van der Waals surface area contributed by atoms with E-state index in [4.69, 9.17) is 16.2 Å². The van der Waals surface area contributed by atoms with Gasteiger partial charge in [-0.3, -0.25) is 18.2 Å². The molecule has 0 aliphatic rings. The summed E-state index contributed by atoms with van der Waals surface area (Å²) in [7, 11) is -24.4. The van der Waals surface area contributed by atoms with Crippen molar-refractivity contribution in [1.29, 1.82) is 0 Å². The van der Waals surface area contributed by atoms with Crippen LogP contribution in [-0.2, 0) is 54.8 Å². The molecule has 57 heavy (non-hydrogen) atoms. The molecule has 298 valence electrons. The molecule has 0 saturated carbocycles. The summed E-state index contributed by atoms with van der Waals surface area (Å²) in [6, 6.07) is 11.5. The van der Waals surface area contributed by atoms with Crippen molar-refractivity contribution in [2.24, 2.45) is 10.2 Å². The Morgan fingerprint density at radius 3 is 1.84 bits per heavy atom. The molecular formula is C27H22ClN7NaO16S5+. The van der Waals surface area contributed by atoms with Crippen molar-refractivity contribution in [2.75, 3.05) is 23.0 Å². The Balaban J connectivity index is 0.00000720. The first-order valence-electron chi connectivity index (χ1n) is 14.5. The zero-order chi connectivity index (χ0) is 41.4. The number of phenolic OH excluding ortho intramolecular Hbond substituents is 1. The number of hydrogen-bond donors (Lipinski definition) is 7. The van der Waals surface area contributed by atoms with Gasteiger partial charge in [-0.2, -0.15) is 48.6 Å². The number of rotatable bonds is 14. The number of fused-ring (bicyclic) bond motifs is 1. The van der Waals surface area contributed by atoms with Crippen LogP contribution in [0.2, 0.25) is 5.28 Å². The van der Waals surface area contributed by atoms with Crippen LogP contribution in [0.1, 0.15) is 0 Å². The number of sulfone groups is 1. The number of hydrogen-bond acceptors (Lipinski definition) is 19. The molecule has 30 heteroatoms. The van der Waals surface area contributed by atoms with Gasteiger partial charge in [0.1, 0.15) is 26.1 Å². The summed E-state index contributed by atoms with van der Waals surface area (Å²) in [5.74, 6) is -2.70. The molecule has 0 saturated heterocycles. The van der Waals surface area contributed by atoms with E-state index in [1.165, 1.54) is 24.3 Å². The second kappa shape index (κ2) is 17.1. The summed E-state index contributed by atoms with van der Waals surface area (Å²) in [5, 5.41) is 22.2. The van der Waals surface area contributed by atoms with Gasteiger partial charge < -0.3 is 15.7 Å². The molecule has 0 atom stereocenters. The van der Waals surface area contributed by atoms with E-state index >= 15 is 0 Å². The van der Waals surface area contributed by atoms with Crippen LogP contribution in [0.25, 0.3) is 10.8 Å². The smallest absolute Gasteiger partial charge is 0.505 e. The number of halogens is 1. The average Bonchev–Trinajstić information content (AvgIpc) is 3.06. The fourth-order valence-electron chi connectivity index (χ4n) is 4.74. The maximum atomic E-state index is 12.5. The molecule has 0 bridgehead atoms. The van der Waals surface area contributed by atoms with Crippen LogP contribution in [-0.4, -0.2) is 92.7 Å². The maximum Gasteiger partial charge on any atom is 1.00 e. The molecular weight excluding hydrogens is 897 g/mol. The van der Waals surface area contributed by atoms with Crippen molar-refractivity contribution in [2.45, 2.75) is 19.6 Å². The maximum absolute atomic E-state index is 12.5. The van der Waals surface area contributed by atoms with Crippen LogP contribution in [0.4, 0.5) is 34.6 Å². The van der Waals surface area contributed by atoms with Gasteiger partial charge in [0.2, 0.25) is 17.2 Å². The monoisotopic (exact) mass is 918 g/mol. The van der Waals surface area contributed by atoms with Crippen LogP contribution >= 0.6 is 11.6 Å². The minimum Gasteiger partial charge on any atom is -0.505 e. The van der Waals surface area contributed by atoms with Crippen LogP contribution in [0.15, 0.2) is 96.5 Å². The van der Waals surface area contributed by atoms with Crippen molar-refractivity contribution in [3.8, 4) is 5.75 Å². The predicted molar refractivity (Wildman–Crippen MR) is 193 cm³/mol. The molecule has 1 heterocycles. The molecule has 0 radical (unpaired) electrons. The van der Waals surface area contributed by atoms with E-state index in [2.05, 4.69) is 40.0 Å². The minimum atomic E-state index is -5.39. The summed E-state index contributed by atoms with van der Waals surface area (Å²) in [6.07, 6.45) is 0. The first kappa shape index (κ1) is 45.7. The van der Waals surface area contributed by atoms with E-state index in [-0.39, 0.29) is 51.8 Å². The van der Waals surface area contributed by atoms with E-state index in [1.807, 2.05) is 0 Å². The van der Waals surface area contributed by atoms with E-state index in [0.717, 1.165) is 36.4 Å². The molecule has 0 amide bonds. The van der Waals surface area contributed by atoms with Crippen LogP contribution < -0.4 is 40.2 Å². The number of phenols is 1. The SMILES string of the molecule is O=S(=O)(O)OCCS(=O)(=O)c1ccc(Nc2nc(Cl)nc(Nc3ccc(S(=O)(=O)O)c4cc(S(=O)(=O)O)c(N=Nc5ccccc5S(=O)(=O)O)c(O)c34)n2)cc1.[Na+]. The van der Waals surface area contributed by atoms with Gasteiger partial charge in [0, 0.05) is 11.1 Å². The molecule has 23 nitrogen and oxygen atoms in total. The Kier molecular flexibility index (Phi) is 13.7. The summed E-state index contributed by atoms with van der Waals surface area (Å²) in [5.41, 5.74) is -1.76. The van der Waals surface area contributed by atoms with Gasteiger partial charge in [-0.25, -0.2) is 12.6 Å². The van der Waals surface area contributed by atoms with Crippen LogP contribution in [0, 0.1) is 0 Å². The standard InChI is InChI=1S/C27H22ClN7O16S5.Na/c28-25-31-26(29-14-5-7-15(8-6-14)52(37,38)12-11-51-56(48,49)50)33-27(32-25)30-18-9-10-19(53(39,40)41)16-13-21(55(45,46)47)23(24(36)22(16)18)35-34-17-3-1-2-4-20(17)54(42,43)44;/h1-10,13,36H,11-12H2,(H,39,40,41)(H,42,43,44)(H,45,46,47)(H,48,49,50)(H2,29,30,31,32,33);/q;+1. The molecule has 5 aromatic rings. The number of nitrogens with zero attached hydrogens (tertiary/aromatic N) is 5. The van der Waals surface area contributed by atoms with Crippen molar-refractivity contribution in [3.05, 3.63) is 72.0 Å². The molecule has 1 aromatic heterocycles. The van der Waals surface area contributed by atoms with Crippen molar-refractivity contribution < 1.29 is 99.1 Å². The first-order chi connectivity index (χ1) is 25.8. The summed E-state index contributed by atoms with van der Waals surface area (Å²) >= 11 is 6.08. The third kappa shape index (κ3) is 11.4. The number of benzene rings is 4. The number of anilines is 4. The first-order valence-corrected chi connectivity index (χ1v) is 22.2. The second-order valence-corrected chi connectivity index (χ2v) is 18.5. The molecule has 0 fully saturated rings. The predicted octanol–water partition coefficient (Wildman–Crippen LogP) is 0.624. The summed E-state index contributed by atoms with van der Waals surface area (Å²) in [6.45, 7) is -0.857. The van der Waals surface area contributed by atoms with E-state index < -0.39 is 117 Å². The third-order valence-electron chi connectivity index (χ3n) is 7.04. The molecule has 4 aromatic carbocycles. The number of nitrogens with one attached hydrogen (secondary N) is 2. The number of azo groups is 1. The van der Waals surface area contributed by atoms with E-state index in [0.29, 0.717) is 6.07 Å². The van der Waals surface area contributed by atoms with Gasteiger partial charge in [0.25, 0.3) is 30.4 Å². The Hall–Kier alpha value is -4.01. The van der Waals surface area contributed by atoms with Crippen molar-refractivity contribution in [3.63, 3.8) is 0 Å². The second-order valence-electron chi connectivity index (χ2n) is 10.8. The topological polar surface area (TPSA) is 369 Å². The van der Waals surface area contributed by atoms with Gasteiger partial charge in [-0.05, 0) is 66.2 Å². The molecule has 0 aliphatic carbocycles. The van der Waals surface area contributed by atoms with Gasteiger partial charge in [-0.1, -0.05) is 12.1 Å². The van der Waals surface area contributed by atoms with E-state index in [9.17, 15) is 60.9 Å². The molecule has 5 rings (SSSR count). The van der Waals surface area contributed by atoms with Crippen LogP contribution in [0.5, 0.6) is 5.75 Å². The third-order valence-corrected chi connectivity index (χ3v) is 12.0. The molecule has 0 unspecified atom stereocenters. The molecule has 7 N–H and O–H groups in total. The Morgan fingerprint density at radius 1 is 0.684 bits per heavy atom. The quantitative estimate of drug-likeness (QED) is 0.0456. The van der Waals surface area contributed by atoms with Crippen molar-refractivity contribution in [1.82, 2.24) is 15.0 Å². The molecule has 0 aliphatic heterocycles. The van der Waals surface area contributed by atoms with Crippen LogP contribution in [0.3, 0.4) is 0 Å². The minimum absolute atomic E-state index is 0. The summed E-state index contributed by atoms with van der Waals surface area (Å²) in [4.78, 5) is 8.63. The van der Waals surface area contributed by atoms with E-state index in [1.54, 1.807) is 0 Å². The molecule has 0 spiro atoms. The number of aromatic hydroxyl groups is 1. The Labute approximate surface area is 349 Å². The zero-order valence-corrected chi connectivity index (χ0v) is 35.0. The van der Waals surface area contributed by atoms with Gasteiger partial charge in [-0.15, -0.1) is 10.2 Å². The van der Waals surface area contributed by atoms with Gasteiger partial charge in [0.15, 0.2) is 15.6 Å². The summed E-state index contributed by atoms with van der Waals surface area (Å²) < 4.78 is 162. The normalized spacial score (nSPS) is 12.7. The fraction of sp³-hybridized carbons (Fsp3) is 0.0741. The van der Waals surface area contributed by atoms with Gasteiger partial charge in [0.05, 0.1) is 28.3 Å². The zero-order valence-electron chi connectivity index (χ0n) is 28.1. The Morgan fingerprint density at radius 2 is 1.26 bits per heavy atom. The largest absolute Gasteiger partial charge is 1.00 e. The van der Waals surface area contributed by atoms with Crippen molar-refractivity contribution >= 4 is 108 Å². The fourth-order valence-corrected chi connectivity index (χ4v) is 8.34.